The molecular formula is C17H21NO5. The minimum absolute atomic E-state index is 0.575. The SMILES string of the molecule is CC1=C[C@](O)(C(=O)OC(C)(C)C)[C@H]([N+](=O)[O-])[C@H]1c1ccccc1. The molecule has 0 saturated heterocycles. The molecular weight excluding hydrogens is 298 g/mol. The summed E-state index contributed by atoms with van der Waals surface area (Å²) in [6.45, 7) is 6.62. The van der Waals surface area contributed by atoms with Crippen LogP contribution in [0.2, 0.25) is 0 Å². The number of carbonyl (C=O) groups excluding carboxylic acids is 1. The predicted molar refractivity (Wildman–Crippen MR) is 84.5 cm³/mol. The van der Waals surface area contributed by atoms with Crippen LogP contribution in [0.5, 0.6) is 0 Å². The third-order valence-electron chi connectivity index (χ3n) is 3.82. The highest BCUT2D eigenvalue weighted by Gasteiger charge is 2.61. The van der Waals surface area contributed by atoms with Crippen LogP contribution in [0, 0.1) is 10.1 Å². The molecule has 0 heterocycles. The zero-order chi connectivity index (χ0) is 17.4. The Morgan fingerprint density at radius 1 is 1.30 bits per heavy atom. The highest BCUT2D eigenvalue weighted by molar-refractivity contribution is 5.85. The fourth-order valence-electron chi connectivity index (χ4n) is 2.95. The van der Waals surface area contributed by atoms with Crippen molar-refractivity contribution in [3.8, 4) is 0 Å². The molecule has 0 unspecified atom stereocenters. The van der Waals surface area contributed by atoms with Gasteiger partial charge in [0.05, 0.1) is 5.92 Å². The summed E-state index contributed by atoms with van der Waals surface area (Å²) in [6, 6.07) is 7.33. The molecule has 1 aliphatic carbocycles. The summed E-state index contributed by atoms with van der Waals surface area (Å²) in [7, 11) is 0. The number of nitrogens with zero attached hydrogens (tertiary/aromatic N) is 1. The second-order valence-corrected chi connectivity index (χ2v) is 6.83. The lowest BCUT2D eigenvalue weighted by atomic mass is 9.85. The van der Waals surface area contributed by atoms with Crippen molar-refractivity contribution in [3.63, 3.8) is 0 Å². The maximum atomic E-state index is 12.4. The normalized spacial score (nSPS) is 27.4. The third kappa shape index (κ3) is 3.27. The van der Waals surface area contributed by atoms with E-state index in [0.717, 1.165) is 0 Å². The van der Waals surface area contributed by atoms with Crippen molar-refractivity contribution in [1.29, 1.82) is 0 Å². The topological polar surface area (TPSA) is 89.7 Å². The lowest BCUT2D eigenvalue weighted by molar-refractivity contribution is -0.539. The molecule has 1 aliphatic rings. The highest BCUT2D eigenvalue weighted by Crippen LogP contribution is 2.43. The Bertz CT molecular complexity index is 647. The molecule has 1 N–H and O–H groups in total. The molecule has 1 aromatic rings. The molecule has 3 atom stereocenters. The number of rotatable bonds is 3. The van der Waals surface area contributed by atoms with Crippen LogP contribution >= 0.6 is 0 Å². The van der Waals surface area contributed by atoms with E-state index in [1.807, 2.05) is 0 Å². The summed E-state index contributed by atoms with van der Waals surface area (Å²) in [5, 5.41) is 22.4. The first kappa shape index (κ1) is 17.1. The zero-order valence-corrected chi connectivity index (χ0v) is 13.6. The molecule has 0 spiro atoms. The van der Waals surface area contributed by atoms with Gasteiger partial charge in [-0.2, -0.15) is 0 Å². The van der Waals surface area contributed by atoms with E-state index in [1.54, 1.807) is 58.0 Å². The van der Waals surface area contributed by atoms with E-state index < -0.39 is 34.1 Å². The van der Waals surface area contributed by atoms with Crippen LogP contribution in [-0.4, -0.2) is 33.2 Å². The van der Waals surface area contributed by atoms with Gasteiger partial charge < -0.3 is 9.84 Å². The molecule has 6 nitrogen and oxygen atoms in total. The molecule has 0 bridgehead atoms. The Morgan fingerprint density at radius 2 is 1.87 bits per heavy atom. The highest BCUT2D eigenvalue weighted by atomic mass is 16.6. The number of hydrogen-bond donors (Lipinski definition) is 1. The van der Waals surface area contributed by atoms with Gasteiger partial charge in [0.1, 0.15) is 5.60 Å². The Hall–Kier alpha value is -2.21. The molecule has 0 saturated carbocycles. The maximum absolute atomic E-state index is 12.4. The Labute approximate surface area is 134 Å². The summed E-state index contributed by atoms with van der Waals surface area (Å²) in [4.78, 5) is 23.4. The van der Waals surface area contributed by atoms with Crippen LogP contribution in [0.4, 0.5) is 0 Å². The number of benzene rings is 1. The van der Waals surface area contributed by atoms with Crippen molar-refractivity contribution in [2.45, 2.75) is 50.9 Å². The summed E-state index contributed by atoms with van der Waals surface area (Å²) >= 11 is 0. The minimum Gasteiger partial charge on any atom is -0.457 e. The van der Waals surface area contributed by atoms with E-state index in [-0.39, 0.29) is 0 Å². The molecule has 1 aromatic carbocycles. The van der Waals surface area contributed by atoms with Gasteiger partial charge in [0, 0.05) is 4.92 Å². The van der Waals surface area contributed by atoms with E-state index in [0.29, 0.717) is 11.1 Å². The van der Waals surface area contributed by atoms with Crippen molar-refractivity contribution in [2.24, 2.45) is 0 Å². The van der Waals surface area contributed by atoms with Crippen LogP contribution in [0.3, 0.4) is 0 Å². The van der Waals surface area contributed by atoms with Gasteiger partial charge in [-0.15, -0.1) is 0 Å². The number of hydrogen-bond acceptors (Lipinski definition) is 5. The minimum atomic E-state index is -2.28. The van der Waals surface area contributed by atoms with Gasteiger partial charge in [-0.25, -0.2) is 4.79 Å². The molecule has 23 heavy (non-hydrogen) atoms. The third-order valence-corrected chi connectivity index (χ3v) is 3.82. The van der Waals surface area contributed by atoms with Gasteiger partial charge in [0.25, 0.3) is 6.04 Å². The fourth-order valence-corrected chi connectivity index (χ4v) is 2.95. The van der Waals surface area contributed by atoms with Crippen molar-refractivity contribution >= 4 is 5.97 Å². The molecule has 0 amide bonds. The van der Waals surface area contributed by atoms with Crippen LogP contribution in [0.25, 0.3) is 0 Å². The quantitative estimate of drug-likeness (QED) is 0.400. The standard InChI is InChI=1S/C17H21NO5/c1-11-10-17(20,15(19)23-16(2,3)4)14(18(21)22)13(11)12-8-6-5-7-9-12/h5-10,13-14,20H,1-4H3/t13-,14-,17-/m1/s1. The second-order valence-electron chi connectivity index (χ2n) is 6.83. The molecule has 2 rings (SSSR count). The molecule has 0 radical (unpaired) electrons. The number of esters is 1. The first-order valence-corrected chi connectivity index (χ1v) is 7.40. The molecule has 124 valence electrons. The molecule has 0 aliphatic heterocycles. The van der Waals surface area contributed by atoms with E-state index in [1.165, 1.54) is 6.08 Å². The predicted octanol–water partition coefficient (Wildman–Crippen LogP) is 2.45. The van der Waals surface area contributed by atoms with Crippen LogP contribution < -0.4 is 0 Å². The van der Waals surface area contributed by atoms with Crippen LogP contribution in [0.1, 0.15) is 39.2 Å². The molecule has 6 heteroatoms. The zero-order valence-electron chi connectivity index (χ0n) is 13.6. The van der Waals surface area contributed by atoms with E-state index in [9.17, 15) is 20.0 Å². The van der Waals surface area contributed by atoms with E-state index in [4.69, 9.17) is 4.74 Å². The van der Waals surface area contributed by atoms with Crippen molar-refractivity contribution in [2.75, 3.05) is 0 Å². The number of carbonyl (C=O) groups is 1. The van der Waals surface area contributed by atoms with Gasteiger partial charge in [-0.05, 0) is 39.3 Å². The van der Waals surface area contributed by atoms with E-state index >= 15 is 0 Å². The van der Waals surface area contributed by atoms with Gasteiger partial charge in [0.15, 0.2) is 0 Å². The number of aliphatic hydroxyl groups is 1. The van der Waals surface area contributed by atoms with E-state index in [2.05, 4.69) is 0 Å². The van der Waals surface area contributed by atoms with Gasteiger partial charge in [-0.3, -0.25) is 10.1 Å². The second kappa shape index (κ2) is 5.77. The summed E-state index contributed by atoms with van der Waals surface area (Å²) in [5.41, 5.74) is -1.87. The number of nitro groups is 1. The maximum Gasteiger partial charge on any atom is 0.350 e. The summed E-state index contributed by atoms with van der Waals surface area (Å²) < 4.78 is 5.20. The lowest BCUT2D eigenvalue weighted by Crippen LogP contribution is -2.53. The monoisotopic (exact) mass is 319 g/mol. The first-order chi connectivity index (χ1) is 10.6. The molecule has 0 fully saturated rings. The average molecular weight is 319 g/mol. The largest absolute Gasteiger partial charge is 0.457 e. The average Bonchev–Trinajstić information content (AvgIpc) is 2.70. The van der Waals surface area contributed by atoms with Crippen molar-refractivity contribution in [3.05, 3.63) is 57.7 Å². The summed E-state index contributed by atoms with van der Waals surface area (Å²) in [6.07, 6.45) is 1.26. The van der Waals surface area contributed by atoms with Gasteiger partial charge in [0.2, 0.25) is 5.60 Å². The van der Waals surface area contributed by atoms with Crippen molar-refractivity contribution in [1.82, 2.24) is 0 Å². The fraction of sp³-hybridized carbons (Fsp3) is 0.471. The summed E-state index contributed by atoms with van der Waals surface area (Å²) in [5.74, 6) is -1.67. The Balaban J connectivity index is 2.46. The van der Waals surface area contributed by atoms with Gasteiger partial charge in [-0.1, -0.05) is 35.9 Å². The van der Waals surface area contributed by atoms with Gasteiger partial charge >= 0.3 is 5.97 Å². The smallest absolute Gasteiger partial charge is 0.350 e. The Morgan fingerprint density at radius 3 is 2.35 bits per heavy atom. The van der Waals surface area contributed by atoms with Crippen LogP contribution in [0.15, 0.2) is 42.0 Å². The van der Waals surface area contributed by atoms with Crippen molar-refractivity contribution < 1.29 is 19.6 Å². The lowest BCUT2D eigenvalue weighted by Gasteiger charge is -2.28. The Kier molecular flexibility index (Phi) is 4.30. The van der Waals surface area contributed by atoms with Crippen LogP contribution in [-0.2, 0) is 9.53 Å². The number of ether oxygens (including phenoxy) is 1. The first-order valence-electron chi connectivity index (χ1n) is 7.40. The molecule has 0 aromatic heterocycles.